The molecule has 0 aliphatic rings. The van der Waals surface area contributed by atoms with Gasteiger partial charge in [0.05, 0.1) is 12.8 Å². The minimum atomic E-state index is -0.0263. The average Bonchev–Trinajstić information content (AvgIpc) is 3.34. The number of carbonyl (C=O) groups is 1. The zero-order valence-corrected chi connectivity index (χ0v) is 16.9. The van der Waals surface area contributed by atoms with Gasteiger partial charge in [0, 0.05) is 19.2 Å². The molecule has 0 radical (unpaired) electrons. The van der Waals surface area contributed by atoms with Crippen LogP contribution in [0.1, 0.15) is 42.9 Å². The zero-order valence-electron chi connectivity index (χ0n) is 16.9. The second-order valence-electron chi connectivity index (χ2n) is 6.73. The van der Waals surface area contributed by atoms with E-state index in [1.165, 1.54) is 0 Å². The Balaban J connectivity index is 2.07. The van der Waals surface area contributed by atoms with Gasteiger partial charge >= 0.3 is 0 Å². The molecule has 6 heteroatoms. The van der Waals surface area contributed by atoms with Gasteiger partial charge in [-0.05, 0) is 56.2 Å². The molecule has 0 unspecified atom stereocenters. The molecule has 1 aromatic carbocycles. The Morgan fingerprint density at radius 1 is 1.11 bits per heavy atom. The molecule has 28 heavy (non-hydrogen) atoms. The molecule has 3 aromatic rings. The van der Waals surface area contributed by atoms with E-state index in [0.717, 1.165) is 43.1 Å². The van der Waals surface area contributed by atoms with Crippen LogP contribution < -0.4 is 4.74 Å². The summed E-state index contributed by atoms with van der Waals surface area (Å²) >= 11 is 0. The summed E-state index contributed by atoms with van der Waals surface area (Å²) < 4.78 is 12.7. The number of methoxy groups -OCH3 is 1. The molecule has 0 N–H and O–H groups in total. The molecule has 1 amide bonds. The van der Waals surface area contributed by atoms with Crippen molar-refractivity contribution < 1.29 is 13.9 Å². The number of ether oxygens (including phenoxy) is 1. The number of hydrogen-bond donors (Lipinski definition) is 0. The van der Waals surface area contributed by atoms with Crippen molar-refractivity contribution in [1.29, 1.82) is 0 Å². The minimum absolute atomic E-state index is 0.0263. The monoisotopic (exact) mass is 381 g/mol. The summed E-state index contributed by atoms with van der Waals surface area (Å²) in [5, 5.41) is 4.68. The lowest BCUT2D eigenvalue weighted by Crippen LogP contribution is -2.33. The first-order chi connectivity index (χ1) is 13.6. The molecule has 2 heterocycles. The molecule has 2 aromatic heterocycles. The third kappa shape index (κ3) is 4.11. The molecular weight excluding hydrogens is 354 g/mol. The van der Waals surface area contributed by atoms with Crippen molar-refractivity contribution in [2.45, 2.75) is 33.6 Å². The van der Waals surface area contributed by atoms with Crippen molar-refractivity contribution in [1.82, 2.24) is 14.7 Å². The summed E-state index contributed by atoms with van der Waals surface area (Å²) in [5.41, 5.74) is 1.96. The molecule has 0 spiro atoms. The van der Waals surface area contributed by atoms with Crippen LogP contribution in [0.25, 0.3) is 17.1 Å². The maximum Gasteiger partial charge on any atom is 0.272 e. The van der Waals surface area contributed by atoms with E-state index in [1.54, 1.807) is 11.8 Å². The lowest BCUT2D eigenvalue weighted by atomic mass is 10.2. The van der Waals surface area contributed by atoms with E-state index < -0.39 is 0 Å². The van der Waals surface area contributed by atoms with Crippen LogP contribution in [0.5, 0.6) is 5.75 Å². The highest BCUT2D eigenvalue weighted by molar-refractivity contribution is 5.94. The smallest absolute Gasteiger partial charge is 0.272 e. The van der Waals surface area contributed by atoms with Crippen LogP contribution in [0, 0.1) is 6.92 Å². The number of furan rings is 1. The third-order valence-electron chi connectivity index (χ3n) is 4.51. The highest BCUT2D eigenvalue weighted by Crippen LogP contribution is 2.25. The largest absolute Gasteiger partial charge is 0.497 e. The lowest BCUT2D eigenvalue weighted by molar-refractivity contribution is 0.0746. The van der Waals surface area contributed by atoms with Crippen molar-refractivity contribution in [3.05, 3.63) is 53.9 Å². The van der Waals surface area contributed by atoms with Crippen molar-refractivity contribution in [3.8, 4) is 22.9 Å². The molecule has 0 atom stereocenters. The number of rotatable bonds is 8. The van der Waals surface area contributed by atoms with E-state index in [-0.39, 0.29) is 5.91 Å². The van der Waals surface area contributed by atoms with Crippen LogP contribution >= 0.6 is 0 Å². The number of carbonyl (C=O) groups excluding carboxylic acids is 1. The molecule has 0 saturated carbocycles. The molecular formula is C22H27N3O3. The summed E-state index contributed by atoms with van der Waals surface area (Å²) in [5.74, 6) is 2.18. The predicted molar refractivity (Wildman–Crippen MR) is 109 cm³/mol. The number of benzene rings is 1. The fourth-order valence-electron chi connectivity index (χ4n) is 3.16. The normalized spacial score (nSPS) is 10.9. The first-order valence-electron chi connectivity index (χ1n) is 9.68. The molecule has 0 saturated heterocycles. The van der Waals surface area contributed by atoms with Gasteiger partial charge in [-0.1, -0.05) is 13.8 Å². The quantitative estimate of drug-likeness (QED) is 0.567. The lowest BCUT2D eigenvalue weighted by Gasteiger charge is -2.21. The van der Waals surface area contributed by atoms with Crippen LogP contribution in [0.4, 0.5) is 0 Å². The number of aryl methyl sites for hydroxylation is 1. The molecule has 3 rings (SSSR count). The van der Waals surface area contributed by atoms with Crippen LogP contribution in [0.15, 0.2) is 46.9 Å². The average molecular weight is 381 g/mol. The van der Waals surface area contributed by atoms with Crippen LogP contribution in [0.3, 0.4) is 0 Å². The maximum absolute atomic E-state index is 13.3. The van der Waals surface area contributed by atoms with Gasteiger partial charge in [-0.2, -0.15) is 5.10 Å². The number of hydrogen-bond acceptors (Lipinski definition) is 4. The number of nitrogens with zero attached hydrogens (tertiary/aromatic N) is 3. The Labute approximate surface area is 165 Å². The van der Waals surface area contributed by atoms with Crippen LogP contribution in [-0.2, 0) is 0 Å². The van der Waals surface area contributed by atoms with Crippen LogP contribution in [-0.4, -0.2) is 40.8 Å². The highest BCUT2D eigenvalue weighted by atomic mass is 16.5. The summed E-state index contributed by atoms with van der Waals surface area (Å²) in [7, 11) is 1.63. The van der Waals surface area contributed by atoms with Gasteiger partial charge in [0.25, 0.3) is 5.91 Å². The number of amides is 1. The van der Waals surface area contributed by atoms with E-state index in [2.05, 4.69) is 18.9 Å². The predicted octanol–water partition coefficient (Wildman–Crippen LogP) is 4.71. The Morgan fingerprint density at radius 2 is 1.79 bits per heavy atom. The van der Waals surface area contributed by atoms with E-state index in [4.69, 9.17) is 9.15 Å². The van der Waals surface area contributed by atoms with Crippen molar-refractivity contribution in [2.24, 2.45) is 0 Å². The second kappa shape index (κ2) is 8.78. The standard InChI is InChI=1S/C22H27N3O3/c1-5-13-24(14-6-2)22(26)20-15-19(21-12-7-16(3)28-21)23-25(20)17-8-10-18(27-4)11-9-17/h7-12,15H,5-6,13-14H2,1-4H3. The van der Waals surface area contributed by atoms with Gasteiger partial charge in [-0.3, -0.25) is 4.79 Å². The van der Waals surface area contributed by atoms with Gasteiger partial charge in [0.15, 0.2) is 5.76 Å². The Kier molecular flexibility index (Phi) is 6.19. The highest BCUT2D eigenvalue weighted by Gasteiger charge is 2.23. The van der Waals surface area contributed by atoms with Gasteiger partial charge in [-0.25, -0.2) is 4.68 Å². The summed E-state index contributed by atoms with van der Waals surface area (Å²) in [4.78, 5) is 15.2. The van der Waals surface area contributed by atoms with E-state index in [9.17, 15) is 4.79 Å². The fourth-order valence-corrected chi connectivity index (χ4v) is 3.16. The fraction of sp³-hybridized carbons (Fsp3) is 0.364. The maximum atomic E-state index is 13.3. The molecule has 6 nitrogen and oxygen atoms in total. The molecule has 0 bridgehead atoms. The Hall–Kier alpha value is -3.02. The minimum Gasteiger partial charge on any atom is -0.497 e. The third-order valence-corrected chi connectivity index (χ3v) is 4.51. The van der Waals surface area contributed by atoms with Crippen LogP contribution in [0.2, 0.25) is 0 Å². The summed E-state index contributed by atoms with van der Waals surface area (Å²) in [6.07, 6.45) is 1.82. The second-order valence-corrected chi connectivity index (χ2v) is 6.73. The van der Waals surface area contributed by atoms with E-state index in [0.29, 0.717) is 17.1 Å². The SMILES string of the molecule is CCCN(CCC)C(=O)c1cc(-c2ccc(C)o2)nn1-c1ccc(OC)cc1. The molecule has 0 fully saturated rings. The van der Waals surface area contributed by atoms with Gasteiger partial charge < -0.3 is 14.1 Å². The van der Waals surface area contributed by atoms with E-state index in [1.807, 2.05) is 54.3 Å². The van der Waals surface area contributed by atoms with Crippen molar-refractivity contribution in [2.75, 3.05) is 20.2 Å². The van der Waals surface area contributed by atoms with Gasteiger partial charge in [0.1, 0.15) is 22.9 Å². The first kappa shape index (κ1) is 19.7. The molecule has 0 aliphatic heterocycles. The molecule has 148 valence electrons. The first-order valence-corrected chi connectivity index (χ1v) is 9.68. The van der Waals surface area contributed by atoms with Crippen molar-refractivity contribution in [3.63, 3.8) is 0 Å². The topological polar surface area (TPSA) is 60.5 Å². The van der Waals surface area contributed by atoms with Gasteiger partial charge in [-0.15, -0.1) is 0 Å². The van der Waals surface area contributed by atoms with Gasteiger partial charge in [0.2, 0.25) is 0 Å². The summed E-state index contributed by atoms with van der Waals surface area (Å²) in [6.45, 7) is 7.48. The summed E-state index contributed by atoms with van der Waals surface area (Å²) in [6, 6.07) is 13.1. The van der Waals surface area contributed by atoms with E-state index >= 15 is 0 Å². The van der Waals surface area contributed by atoms with Crippen molar-refractivity contribution >= 4 is 5.91 Å². The number of aromatic nitrogens is 2. The Bertz CT molecular complexity index is 919. The molecule has 0 aliphatic carbocycles. The zero-order chi connectivity index (χ0) is 20.1. The Morgan fingerprint density at radius 3 is 2.32 bits per heavy atom.